The van der Waals surface area contributed by atoms with Gasteiger partial charge in [0.05, 0.1) is 17.2 Å². The van der Waals surface area contributed by atoms with Crippen LogP contribution >= 0.6 is 0 Å². The summed E-state index contributed by atoms with van der Waals surface area (Å²) in [5.74, 6) is 0. The second-order valence-corrected chi connectivity index (χ2v) is 4.57. The van der Waals surface area contributed by atoms with Crippen molar-refractivity contribution < 1.29 is 4.92 Å². The van der Waals surface area contributed by atoms with E-state index < -0.39 is 0 Å². The molecule has 0 bridgehead atoms. The van der Waals surface area contributed by atoms with Crippen LogP contribution in [-0.4, -0.2) is 14.7 Å². The van der Waals surface area contributed by atoms with Gasteiger partial charge in [0.25, 0.3) is 5.69 Å². The van der Waals surface area contributed by atoms with Crippen LogP contribution < -0.4 is 5.32 Å². The molecule has 0 fully saturated rings. The van der Waals surface area contributed by atoms with Crippen LogP contribution in [0.1, 0.15) is 24.1 Å². The van der Waals surface area contributed by atoms with Gasteiger partial charge < -0.3 is 5.32 Å². The third-order valence-electron chi connectivity index (χ3n) is 3.02. The Balaban J connectivity index is 2.17. The molecule has 6 nitrogen and oxygen atoms in total. The molecule has 0 aliphatic heterocycles. The van der Waals surface area contributed by atoms with Gasteiger partial charge >= 0.3 is 0 Å². The Hall–Kier alpha value is -2.37. The van der Waals surface area contributed by atoms with Crippen molar-refractivity contribution in [2.45, 2.75) is 19.9 Å². The first-order chi connectivity index (χ1) is 8.97. The van der Waals surface area contributed by atoms with Gasteiger partial charge in [0.1, 0.15) is 0 Å². The van der Waals surface area contributed by atoms with Gasteiger partial charge in [-0.25, -0.2) is 0 Å². The van der Waals surface area contributed by atoms with Crippen LogP contribution in [0.4, 0.5) is 11.4 Å². The molecule has 1 aromatic heterocycles. The van der Waals surface area contributed by atoms with Crippen LogP contribution in [0.2, 0.25) is 0 Å². The van der Waals surface area contributed by atoms with Gasteiger partial charge in [-0.15, -0.1) is 0 Å². The molecule has 100 valence electrons. The molecule has 1 aromatic carbocycles. The minimum Gasteiger partial charge on any atom is -0.378 e. The molecule has 0 aliphatic carbocycles. The first kappa shape index (κ1) is 13.1. The number of anilines is 1. The van der Waals surface area contributed by atoms with Crippen molar-refractivity contribution in [3.05, 3.63) is 51.8 Å². The minimum absolute atomic E-state index is 0.0915. The molecule has 1 heterocycles. The standard InChI is InChI=1S/C13H16N4O2/c1-9-6-12(17(18)19)4-5-13(9)15-10(2)11-7-14-16(3)8-11/h4-8,10,15H,1-3H3. The number of hydrogen-bond acceptors (Lipinski definition) is 4. The Morgan fingerprint density at radius 2 is 2.21 bits per heavy atom. The fourth-order valence-corrected chi connectivity index (χ4v) is 1.90. The second kappa shape index (κ2) is 5.09. The van der Waals surface area contributed by atoms with Crippen LogP contribution in [-0.2, 0) is 7.05 Å². The highest BCUT2D eigenvalue weighted by Gasteiger charge is 2.11. The van der Waals surface area contributed by atoms with E-state index >= 15 is 0 Å². The van der Waals surface area contributed by atoms with E-state index in [-0.39, 0.29) is 16.7 Å². The van der Waals surface area contributed by atoms with E-state index in [1.54, 1.807) is 23.0 Å². The highest BCUT2D eigenvalue weighted by atomic mass is 16.6. The lowest BCUT2D eigenvalue weighted by atomic mass is 10.1. The molecule has 0 saturated carbocycles. The van der Waals surface area contributed by atoms with E-state index in [4.69, 9.17) is 0 Å². The first-order valence-electron chi connectivity index (χ1n) is 5.97. The predicted molar refractivity (Wildman–Crippen MR) is 73.1 cm³/mol. The lowest BCUT2D eigenvalue weighted by Crippen LogP contribution is -2.07. The average Bonchev–Trinajstić information content (AvgIpc) is 2.78. The zero-order chi connectivity index (χ0) is 14.0. The van der Waals surface area contributed by atoms with E-state index in [0.29, 0.717) is 0 Å². The maximum Gasteiger partial charge on any atom is 0.269 e. The summed E-state index contributed by atoms with van der Waals surface area (Å²) in [5.41, 5.74) is 2.92. The van der Waals surface area contributed by atoms with Gasteiger partial charge in [0.15, 0.2) is 0 Å². The summed E-state index contributed by atoms with van der Waals surface area (Å²) >= 11 is 0. The predicted octanol–water partition coefficient (Wildman–Crippen LogP) is 2.81. The van der Waals surface area contributed by atoms with Gasteiger partial charge in [-0.3, -0.25) is 14.8 Å². The fraction of sp³-hybridized carbons (Fsp3) is 0.308. The van der Waals surface area contributed by atoms with Gasteiger partial charge in [-0.1, -0.05) is 0 Å². The summed E-state index contributed by atoms with van der Waals surface area (Å²) in [5, 5.41) is 18.1. The Bertz CT molecular complexity index is 606. The normalized spacial score (nSPS) is 12.2. The smallest absolute Gasteiger partial charge is 0.269 e. The summed E-state index contributed by atoms with van der Waals surface area (Å²) in [6.45, 7) is 3.88. The molecule has 6 heteroatoms. The molecular weight excluding hydrogens is 244 g/mol. The molecule has 0 amide bonds. The molecule has 1 atom stereocenters. The summed E-state index contributed by atoms with van der Waals surface area (Å²) < 4.78 is 1.75. The maximum atomic E-state index is 10.7. The van der Waals surface area contributed by atoms with Crippen molar-refractivity contribution in [2.75, 3.05) is 5.32 Å². The third-order valence-corrected chi connectivity index (χ3v) is 3.02. The molecule has 2 aromatic rings. The number of nitro benzene ring substituents is 1. The zero-order valence-corrected chi connectivity index (χ0v) is 11.1. The third kappa shape index (κ3) is 2.90. The van der Waals surface area contributed by atoms with Crippen LogP contribution in [0.5, 0.6) is 0 Å². The van der Waals surface area contributed by atoms with Crippen LogP contribution in [0.15, 0.2) is 30.6 Å². The second-order valence-electron chi connectivity index (χ2n) is 4.57. The topological polar surface area (TPSA) is 73.0 Å². The molecule has 0 spiro atoms. The van der Waals surface area contributed by atoms with E-state index in [2.05, 4.69) is 10.4 Å². The number of non-ortho nitro benzene ring substituents is 1. The molecule has 0 saturated heterocycles. The monoisotopic (exact) mass is 260 g/mol. The number of nitrogens with one attached hydrogen (secondary N) is 1. The number of nitrogens with zero attached hydrogens (tertiary/aromatic N) is 3. The quantitative estimate of drug-likeness (QED) is 0.677. The lowest BCUT2D eigenvalue weighted by molar-refractivity contribution is -0.384. The number of aryl methyl sites for hydroxylation is 2. The van der Waals surface area contributed by atoms with Crippen molar-refractivity contribution in [3.63, 3.8) is 0 Å². The molecular formula is C13H16N4O2. The number of rotatable bonds is 4. The summed E-state index contributed by atoms with van der Waals surface area (Å²) in [7, 11) is 1.87. The average molecular weight is 260 g/mol. The Kier molecular flexibility index (Phi) is 3.50. The maximum absolute atomic E-state index is 10.7. The van der Waals surface area contributed by atoms with E-state index in [0.717, 1.165) is 16.8 Å². The van der Waals surface area contributed by atoms with Gasteiger partial charge in [-0.05, 0) is 25.5 Å². The van der Waals surface area contributed by atoms with E-state index in [1.165, 1.54) is 6.07 Å². The van der Waals surface area contributed by atoms with Gasteiger partial charge in [0, 0.05) is 36.6 Å². The first-order valence-corrected chi connectivity index (χ1v) is 5.97. The number of nitro groups is 1. The largest absolute Gasteiger partial charge is 0.378 e. The molecule has 19 heavy (non-hydrogen) atoms. The number of benzene rings is 1. The van der Waals surface area contributed by atoms with E-state index in [9.17, 15) is 10.1 Å². The Morgan fingerprint density at radius 1 is 1.47 bits per heavy atom. The van der Waals surface area contributed by atoms with Crippen LogP contribution in [0.3, 0.4) is 0 Å². The zero-order valence-electron chi connectivity index (χ0n) is 11.1. The summed E-state index contributed by atoms with van der Waals surface area (Å²) in [6, 6.07) is 4.90. The van der Waals surface area contributed by atoms with Gasteiger partial charge in [0.2, 0.25) is 0 Å². The highest BCUT2D eigenvalue weighted by molar-refractivity contribution is 5.56. The fourth-order valence-electron chi connectivity index (χ4n) is 1.90. The van der Waals surface area contributed by atoms with Crippen molar-refractivity contribution >= 4 is 11.4 Å². The summed E-state index contributed by atoms with van der Waals surface area (Å²) in [4.78, 5) is 10.3. The molecule has 0 radical (unpaired) electrons. The van der Waals surface area contributed by atoms with Crippen molar-refractivity contribution in [1.29, 1.82) is 0 Å². The minimum atomic E-state index is -0.388. The van der Waals surface area contributed by atoms with Crippen molar-refractivity contribution in [1.82, 2.24) is 9.78 Å². The van der Waals surface area contributed by atoms with Crippen molar-refractivity contribution in [3.8, 4) is 0 Å². The Morgan fingerprint density at radius 3 is 2.74 bits per heavy atom. The number of aromatic nitrogens is 2. The molecule has 2 rings (SSSR count). The number of hydrogen-bond donors (Lipinski definition) is 1. The molecule has 1 unspecified atom stereocenters. The van der Waals surface area contributed by atoms with Crippen LogP contribution in [0, 0.1) is 17.0 Å². The molecule has 1 N–H and O–H groups in total. The SMILES string of the molecule is Cc1cc([N+](=O)[O-])ccc1NC(C)c1cnn(C)c1. The highest BCUT2D eigenvalue weighted by Crippen LogP contribution is 2.25. The van der Waals surface area contributed by atoms with Crippen LogP contribution in [0.25, 0.3) is 0 Å². The Labute approximate surface area is 111 Å². The molecule has 0 aliphatic rings. The lowest BCUT2D eigenvalue weighted by Gasteiger charge is -2.15. The van der Waals surface area contributed by atoms with Gasteiger partial charge in [-0.2, -0.15) is 5.10 Å². The summed E-state index contributed by atoms with van der Waals surface area (Å²) in [6.07, 6.45) is 3.75. The van der Waals surface area contributed by atoms with Crippen molar-refractivity contribution in [2.24, 2.45) is 7.05 Å². The van der Waals surface area contributed by atoms with E-state index in [1.807, 2.05) is 27.1 Å².